The summed E-state index contributed by atoms with van der Waals surface area (Å²) in [4.78, 5) is 25.7. The molecule has 25 heavy (non-hydrogen) atoms. The van der Waals surface area contributed by atoms with Crippen molar-refractivity contribution in [3.05, 3.63) is 12.7 Å². The first kappa shape index (κ1) is 19.9. The first-order valence-electron chi connectivity index (χ1n) is 9.07. The summed E-state index contributed by atoms with van der Waals surface area (Å²) in [6, 6.07) is 0.0356. The number of sulfonamides is 1. The fraction of sp³-hybridized carbons (Fsp3) is 0.765. The third kappa shape index (κ3) is 5.28. The molecule has 0 spiro atoms. The second-order valence-corrected chi connectivity index (χ2v) is 8.89. The number of carbonyl (C=O) groups excluding carboxylic acids is 2. The molecule has 0 unspecified atom stereocenters. The van der Waals surface area contributed by atoms with Crippen LogP contribution in [0.25, 0.3) is 0 Å². The van der Waals surface area contributed by atoms with Crippen molar-refractivity contribution in [2.45, 2.75) is 45.1 Å². The van der Waals surface area contributed by atoms with Gasteiger partial charge in [0.1, 0.15) is 0 Å². The van der Waals surface area contributed by atoms with E-state index in [1.54, 1.807) is 9.21 Å². The molecule has 0 aromatic rings. The van der Waals surface area contributed by atoms with Gasteiger partial charge in [-0.3, -0.25) is 9.59 Å². The van der Waals surface area contributed by atoms with E-state index in [0.717, 1.165) is 0 Å². The topological polar surface area (TPSA) is 86.8 Å². The average molecular weight is 372 g/mol. The Morgan fingerprint density at radius 2 is 1.72 bits per heavy atom. The van der Waals surface area contributed by atoms with Crippen LogP contribution in [0.2, 0.25) is 0 Å². The highest BCUT2D eigenvalue weighted by Crippen LogP contribution is 2.20. The molecule has 0 aromatic carbocycles. The molecular weight excluding hydrogens is 342 g/mol. The van der Waals surface area contributed by atoms with E-state index in [2.05, 4.69) is 11.9 Å². The van der Waals surface area contributed by atoms with Crippen LogP contribution in [0.15, 0.2) is 12.7 Å². The van der Waals surface area contributed by atoms with Crippen molar-refractivity contribution in [2.24, 2.45) is 5.92 Å². The second kappa shape index (κ2) is 8.80. The lowest BCUT2D eigenvalue weighted by Gasteiger charge is -2.34. The van der Waals surface area contributed by atoms with Crippen molar-refractivity contribution in [3.8, 4) is 0 Å². The third-order valence-corrected chi connectivity index (χ3v) is 7.08. The number of amides is 2. The molecule has 2 saturated heterocycles. The fourth-order valence-electron chi connectivity index (χ4n) is 3.48. The van der Waals surface area contributed by atoms with Gasteiger partial charge in [0, 0.05) is 38.1 Å². The van der Waals surface area contributed by atoms with Crippen molar-refractivity contribution in [3.63, 3.8) is 0 Å². The average Bonchev–Trinajstić information content (AvgIpc) is 2.61. The lowest BCUT2D eigenvalue weighted by atomic mass is 9.94. The Hall–Kier alpha value is -1.41. The molecule has 1 N–H and O–H groups in total. The Balaban J connectivity index is 1.76. The van der Waals surface area contributed by atoms with Crippen LogP contribution in [0.3, 0.4) is 0 Å². The van der Waals surface area contributed by atoms with Crippen molar-refractivity contribution >= 4 is 21.8 Å². The maximum Gasteiger partial charge on any atom is 0.245 e. The Kier molecular flexibility index (Phi) is 7.01. The van der Waals surface area contributed by atoms with E-state index < -0.39 is 10.0 Å². The number of nitrogens with one attached hydrogen (secondary N) is 1. The Morgan fingerprint density at radius 3 is 2.24 bits per heavy atom. The van der Waals surface area contributed by atoms with Crippen molar-refractivity contribution < 1.29 is 18.0 Å². The lowest BCUT2D eigenvalue weighted by Crippen LogP contribution is -2.49. The van der Waals surface area contributed by atoms with Crippen LogP contribution in [0.4, 0.5) is 0 Å². The van der Waals surface area contributed by atoms with E-state index in [4.69, 9.17) is 0 Å². The van der Waals surface area contributed by atoms with E-state index in [9.17, 15) is 18.0 Å². The number of rotatable bonds is 6. The molecule has 8 heteroatoms. The standard InChI is InChI=1S/C17H29N3O4S/c1-3-13-25(23,24)20-11-7-15(8-12-20)18-17(22)14-5-9-19(10-6-14)16(21)4-2/h4,14-15H,2-3,5-13H2,1H3,(H,18,22). The van der Waals surface area contributed by atoms with Crippen molar-refractivity contribution in [1.29, 1.82) is 0 Å². The van der Waals surface area contributed by atoms with Gasteiger partial charge in [-0.15, -0.1) is 0 Å². The Labute approximate surface area is 150 Å². The van der Waals surface area contributed by atoms with Gasteiger partial charge in [-0.1, -0.05) is 13.5 Å². The molecule has 2 amide bonds. The minimum atomic E-state index is -3.15. The number of hydrogen-bond acceptors (Lipinski definition) is 4. The molecule has 2 heterocycles. The highest BCUT2D eigenvalue weighted by Gasteiger charge is 2.31. The fourth-order valence-corrected chi connectivity index (χ4v) is 5.02. The SMILES string of the molecule is C=CC(=O)N1CCC(C(=O)NC2CCN(S(=O)(=O)CCC)CC2)CC1. The van der Waals surface area contributed by atoms with Gasteiger partial charge in [-0.2, -0.15) is 0 Å². The van der Waals surface area contributed by atoms with Crippen molar-refractivity contribution in [2.75, 3.05) is 31.9 Å². The zero-order chi connectivity index (χ0) is 18.4. The Bertz CT molecular complexity index is 589. The monoisotopic (exact) mass is 371 g/mol. The quantitative estimate of drug-likeness (QED) is 0.698. The van der Waals surface area contributed by atoms with E-state index in [-0.39, 0.29) is 29.5 Å². The van der Waals surface area contributed by atoms with E-state index in [1.165, 1.54) is 6.08 Å². The summed E-state index contributed by atoms with van der Waals surface area (Å²) in [5.41, 5.74) is 0. The van der Waals surface area contributed by atoms with Gasteiger partial charge >= 0.3 is 0 Å². The molecule has 0 radical (unpaired) electrons. The summed E-state index contributed by atoms with van der Waals surface area (Å²) in [7, 11) is -3.15. The summed E-state index contributed by atoms with van der Waals surface area (Å²) in [5, 5.41) is 3.07. The number of carbonyl (C=O) groups is 2. The smallest absolute Gasteiger partial charge is 0.245 e. The van der Waals surface area contributed by atoms with Gasteiger partial charge in [0.15, 0.2) is 0 Å². The molecule has 2 rings (SSSR count). The van der Waals surface area contributed by atoms with Gasteiger partial charge in [0.25, 0.3) is 0 Å². The minimum Gasteiger partial charge on any atom is -0.353 e. The molecule has 2 aliphatic rings. The minimum absolute atomic E-state index is 0.0283. The van der Waals surface area contributed by atoms with Crippen LogP contribution >= 0.6 is 0 Å². The highest BCUT2D eigenvalue weighted by atomic mass is 32.2. The number of hydrogen-bond donors (Lipinski definition) is 1. The first-order valence-corrected chi connectivity index (χ1v) is 10.7. The van der Waals surface area contributed by atoms with Crippen LogP contribution in [0.1, 0.15) is 39.0 Å². The molecule has 142 valence electrons. The summed E-state index contributed by atoms with van der Waals surface area (Å²) in [6.07, 6.45) is 4.56. The molecule has 7 nitrogen and oxygen atoms in total. The van der Waals surface area contributed by atoms with E-state index in [0.29, 0.717) is 58.3 Å². The molecule has 2 fully saturated rings. The normalized spacial score (nSPS) is 21.1. The summed E-state index contributed by atoms with van der Waals surface area (Å²) < 4.78 is 25.7. The number of nitrogens with zero attached hydrogens (tertiary/aromatic N) is 2. The van der Waals surface area contributed by atoms with E-state index in [1.807, 2.05) is 6.92 Å². The van der Waals surface area contributed by atoms with Crippen LogP contribution in [0.5, 0.6) is 0 Å². The van der Waals surface area contributed by atoms with Crippen LogP contribution < -0.4 is 5.32 Å². The lowest BCUT2D eigenvalue weighted by molar-refractivity contribution is -0.132. The third-order valence-electron chi connectivity index (χ3n) is 5.01. The highest BCUT2D eigenvalue weighted by molar-refractivity contribution is 7.89. The van der Waals surface area contributed by atoms with Gasteiger partial charge in [0.05, 0.1) is 5.75 Å². The molecular formula is C17H29N3O4S. The first-order chi connectivity index (χ1) is 11.9. The molecule has 0 aliphatic carbocycles. The predicted octanol–water partition coefficient (Wildman–Crippen LogP) is 0.731. The van der Waals surface area contributed by atoms with Crippen LogP contribution in [-0.2, 0) is 19.6 Å². The maximum atomic E-state index is 12.4. The van der Waals surface area contributed by atoms with E-state index >= 15 is 0 Å². The van der Waals surface area contributed by atoms with Crippen LogP contribution in [-0.4, -0.2) is 67.4 Å². The van der Waals surface area contributed by atoms with Gasteiger partial charge in [0.2, 0.25) is 21.8 Å². The molecule has 0 saturated carbocycles. The van der Waals surface area contributed by atoms with Gasteiger partial charge in [-0.05, 0) is 38.2 Å². The molecule has 2 aliphatic heterocycles. The Morgan fingerprint density at radius 1 is 1.12 bits per heavy atom. The molecule has 0 aromatic heterocycles. The van der Waals surface area contributed by atoms with Gasteiger partial charge in [-0.25, -0.2) is 12.7 Å². The van der Waals surface area contributed by atoms with Crippen molar-refractivity contribution in [1.82, 2.24) is 14.5 Å². The predicted molar refractivity (Wildman–Crippen MR) is 96.3 cm³/mol. The zero-order valence-corrected chi connectivity index (χ0v) is 15.8. The number of likely N-dealkylation sites (tertiary alicyclic amines) is 1. The molecule has 0 atom stereocenters. The molecule has 0 bridgehead atoms. The number of piperidine rings is 2. The zero-order valence-electron chi connectivity index (χ0n) is 14.9. The largest absolute Gasteiger partial charge is 0.353 e. The van der Waals surface area contributed by atoms with Gasteiger partial charge < -0.3 is 10.2 Å². The second-order valence-electron chi connectivity index (χ2n) is 6.80. The summed E-state index contributed by atoms with van der Waals surface area (Å²) >= 11 is 0. The van der Waals surface area contributed by atoms with Crippen LogP contribution in [0, 0.1) is 5.92 Å². The summed E-state index contributed by atoms with van der Waals surface area (Å²) in [5.74, 6) is 0.0577. The maximum absolute atomic E-state index is 12.4. The summed E-state index contributed by atoms with van der Waals surface area (Å²) in [6.45, 7) is 7.45.